The molecule has 162 valence electrons. The molecule has 1 aromatic heterocycles. The molecule has 31 heavy (non-hydrogen) atoms. The van der Waals surface area contributed by atoms with Gasteiger partial charge >= 0.3 is 23.6 Å². The van der Waals surface area contributed by atoms with Crippen molar-refractivity contribution in [2.24, 2.45) is 5.92 Å². The highest BCUT2D eigenvalue weighted by Crippen LogP contribution is 2.53. The predicted molar refractivity (Wildman–Crippen MR) is 103 cm³/mol. The van der Waals surface area contributed by atoms with Crippen molar-refractivity contribution in [3.05, 3.63) is 76.1 Å². The second-order valence-electron chi connectivity index (χ2n) is 7.04. The third kappa shape index (κ3) is 3.25. The molecule has 0 saturated heterocycles. The van der Waals surface area contributed by atoms with Crippen LogP contribution in [0.1, 0.15) is 24.0 Å². The molecule has 3 unspecified atom stereocenters. The van der Waals surface area contributed by atoms with Crippen molar-refractivity contribution in [2.75, 3.05) is 6.61 Å². The summed E-state index contributed by atoms with van der Waals surface area (Å²) in [4.78, 5) is 25.6. The molecule has 0 fully saturated rings. The first-order chi connectivity index (χ1) is 14.7. The van der Waals surface area contributed by atoms with Gasteiger partial charge in [0.2, 0.25) is 0 Å². The first kappa shape index (κ1) is 20.9. The Morgan fingerprint density at radius 2 is 1.77 bits per heavy atom. The SMILES string of the molecule is CCOC(=O)C1C(c2ccccc2)c2c(c3ccccc3oc2=O)OC1(O)C(F)(F)F. The van der Waals surface area contributed by atoms with E-state index in [9.17, 15) is 27.9 Å². The van der Waals surface area contributed by atoms with Crippen molar-refractivity contribution in [3.8, 4) is 5.75 Å². The average Bonchev–Trinajstić information content (AvgIpc) is 2.73. The van der Waals surface area contributed by atoms with Crippen molar-refractivity contribution in [2.45, 2.75) is 24.8 Å². The molecule has 2 aromatic carbocycles. The summed E-state index contributed by atoms with van der Waals surface area (Å²) in [5.41, 5.74) is -1.09. The lowest BCUT2D eigenvalue weighted by Gasteiger charge is -2.43. The lowest BCUT2D eigenvalue weighted by molar-refractivity contribution is -0.358. The van der Waals surface area contributed by atoms with Crippen LogP contribution in [0.2, 0.25) is 0 Å². The number of para-hydroxylation sites is 1. The largest absolute Gasteiger partial charge is 0.466 e. The normalized spacial score (nSPS) is 23.1. The molecule has 6 nitrogen and oxygen atoms in total. The van der Waals surface area contributed by atoms with Gasteiger partial charge in [0.1, 0.15) is 17.3 Å². The molecule has 0 radical (unpaired) electrons. The molecule has 0 bridgehead atoms. The van der Waals surface area contributed by atoms with Gasteiger partial charge in [0.05, 0.1) is 17.6 Å². The van der Waals surface area contributed by atoms with Crippen LogP contribution in [0.3, 0.4) is 0 Å². The van der Waals surface area contributed by atoms with Gasteiger partial charge in [-0.25, -0.2) is 4.79 Å². The fraction of sp³-hybridized carbons (Fsp3) is 0.273. The molecular formula is C22H17F3O6. The number of aliphatic hydroxyl groups is 1. The van der Waals surface area contributed by atoms with E-state index in [1.165, 1.54) is 43.3 Å². The van der Waals surface area contributed by atoms with Crippen LogP contribution in [0, 0.1) is 5.92 Å². The van der Waals surface area contributed by atoms with Gasteiger partial charge in [0.15, 0.2) is 0 Å². The maximum atomic E-state index is 14.2. The van der Waals surface area contributed by atoms with Gasteiger partial charge in [-0.2, -0.15) is 13.2 Å². The summed E-state index contributed by atoms with van der Waals surface area (Å²) in [5, 5.41) is 10.9. The summed E-state index contributed by atoms with van der Waals surface area (Å²) < 4.78 is 57.8. The van der Waals surface area contributed by atoms with Crippen molar-refractivity contribution in [3.63, 3.8) is 0 Å². The van der Waals surface area contributed by atoms with E-state index < -0.39 is 41.1 Å². The molecular weight excluding hydrogens is 417 g/mol. The molecule has 1 N–H and O–H groups in total. The Morgan fingerprint density at radius 1 is 1.13 bits per heavy atom. The predicted octanol–water partition coefficient (Wildman–Crippen LogP) is 3.75. The van der Waals surface area contributed by atoms with Crippen LogP contribution in [-0.2, 0) is 9.53 Å². The lowest BCUT2D eigenvalue weighted by atomic mass is 9.74. The van der Waals surface area contributed by atoms with E-state index >= 15 is 0 Å². The number of halogens is 3. The number of hydrogen-bond acceptors (Lipinski definition) is 6. The summed E-state index contributed by atoms with van der Waals surface area (Å²) in [5.74, 6) is -9.61. The summed E-state index contributed by atoms with van der Waals surface area (Å²) >= 11 is 0. The zero-order valence-corrected chi connectivity index (χ0v) is 16.2. The fourth-order valence-corrected chi connectivity index (χ4v) is 3.91. The van der Waals surface area contributed by atoms with E-state index in [2.05, 4.69) is 0 Å². The third-order valence-electron chi connectivity index (χ3n) is 5.23. The van der Waals surface area contributed by atoms with Gasteiger partial charge in [-0.05, 0) is 24.6 Å². The zero-order chi connectivity index (χ0) is 22.4. The minimum Gasteiger partial charge on any atom is -0.466 e. The fourth-order valence-electron chi connectivity index (χ4n) is 3.91. The number of benzene rings is 2. The highest BCUT2D eigenvalue weighted by atomic mass is 19.4. The Kier molecular flexibility index (Phi) is 5.01. The molecule has 0 amide bonds. The second-order valence-corrected chi connectivity index (χ2v) is 7.04. The molecule has 9 heteroatoms. The summed E-state index contributed by atoms with van der Waals surface area (Å²) in [6.45, 7) is 1.19. The number of hydrogen-bond donors (Lipinski definition) is 1. The molecule has 1 aliphatic rings. The van der Waals surface area contributed by atoms with E-state index in [-0.39, 0.29) is 28.7 Å². The summed E-state index contributed by atoms with van der Waals surface area (Å²) in [6, 6.07) is 13.5. The Morgan fingerprint density at radius 3 is 2.42 bits per heavy atom. The lowest BCUT2D eigenvalue weighted by Crippen LogP contribution is -2.62. The minimum absolute atomic E-state index is 0.0165. The first-order valence-corrected chi connectivity index (χ1v) is 9.44. The molecule has 4 rings (SSSR count). The van der Waals surface area contributed by atoms with Gasteiger partial charge in [-0.15, -0.1) is 0 Å². The third-order valence-corrected chi connectivity index (χ3v) is 5.23. The van der Waals surface area contributed by atoms with Crippen LogP contribution < -0.4 is 10.4 Å². The highest BCUT2D eigenvalue weighted by Gasteiger charge is 2.69. The molecule has 0 saturated carbocycles. The van der Waals surface area contributed by atoms with Crippen molar-refractivity contribution >= 4 is 16.9 Å². The second kappa shape index (κ2) is 7.42. The molecule has 0 spiro atoms. The number of esters is 1. The van der Waals surface area contributed by atoms with Crippen molar-refractivity contribution in [1.29, 1.82) is 0 Å². The molecule has 0 aliphatic carbocycles. The smallest absolute Gasteiger partial charge is 0.456 e. The number of alkyl halides is 3. The van der Waals surface area contributed by atoms with E-state index in [1.54, 1.807) is 18.2 Å². The van der Waals surface area contributed by atoms with E-state index in [0.717, 1.165) is 0 Å². The van der Waals surface area contributed by atoms with Crippen molar-refractivity contribution in [1.82, 2.24) is 0 Å². The Bertz CT molecular complexity index is 1190. The van der Waals surface area contributed by atoms with E-state index in [0.29, 0.717) is 0 Å². The molecule has 2 heterocycles. The van der Waals surface area contributed by atoms with Gasteiger partial charge in [-0.3, -0.25) is 4.79 Å². The number of carbonyl (C=O) groups is 1. The van der Waals surface area contributed by atoms with Crippen molar-refractivity contribution < 1.29 is 37.0 Å². The van der Waals surface area contributed by atoms with Gasteiger partial charge in [0.25, 0.3) is 0 Å². The minimum atomic E-state index is -5.38. The molecule has 3 aromatic rings. The molecule has 3 atom stereocenters. The standard InChI is InChI=1S/C22H17F3O6/c1-2-29-20(27)17-15(12-8-4-3-5-9-12)16-18(31-21(17,28)22(23,24)25)13-10-6-7-11-14(13)30-19(16)26/h3-11,15,17,28H,2H2,1H3. The van der Waals surface area contributed by atoms with Gasteiger partial charge < -0.3 is 19.0 Å². The van der Waals surface area contributed by atoms with Gasteiger partial charge in [0, 0.05) is 5.92 Å². The van der Waals surface area contributed by atoms with Crippen LogP contribution in [0.15, 0.2) is 63.8 Å². The quantitative estimate of drug-likeness (QED) is 0.499. The topological polar surface area (TPSA) is 86.0 Å². The molecule has 1 aliphatic heterocycles. The first-order valence-electron chi connectivity index (χ1n) is 9.44. The maximum Gasteiger partial charge on any atom is 0.456 e. The number of rotatable bonds is 3. The summed E-state index contributed by atoms with van der Waals surface area (Å²) in [6.07, 6.45) is -5.38. The Hall–Kier alpha value is -3.33. The highest BCUT2D eigenvalue weighted by molar-refractivity contribution is 5.87. The monoisotopic (exact) mass is 434 g/mol. The van der Waals surface area contributed by atoms with Crippen LogP contribution in [0.4, 0.5) is 13.2 Å². The Labute approximate surface area is 173 Å². The zero-order valence-electron chi connectivity index (χ0n) is 16.2. The van der Waals surface area contributed by atoms with Crippen LogP contribution in [-0.4, -0.2) is 29.6 Å². The van der Waals surface area contributed by atoms with Crippen LogP contribution >= 0.6 is 0 Å². The average molecular weight is 434 g/mol. The number of fused-ring (bicyclic) bond motifs is 3. The van der Waals surface area contributed by atoms with Crippen LogP contribution in [0.5, 0.6) is 5.75 Å². The van der Waals surface area contributed by atoms with E-state index in [4.69, 9.17) is 13.9 Å². The number of ether oxygens (including phenoxy) is 2. The maximum absolute atomic E-state index is 14.2. The number of carbonyl (C=O) groups excluding carboxylic acids is 1. The summed E-state index contributed by atoms with van der Waals surface area (Å²) in [7, 11) is 0. The Balaban J connectivity index is 2.11. The van der Waals surface area contributed by atoms with Gasteiger partial charge in [-0.1, -0.05) is 42.5 Å². The van der Waals surface area contributed by atoms with Crippen LogP contribution in [0.25, 0.3) is 11.0 Å². The van der Waals surface area contributed by atoms with E-state index in [1.807, 2.05) is 0 Å².